The molecule has 4 aromatic rings. The normalized spacial score (nSPS) is 13.5. The zero-order chi connectivity index (χ0) is 25.1. The number of hydrogen-bond donors (Lipinski definition) is 1. The van der Waals surface area contributed by atoms with Crippen LogP contribution in [-0.2, 0) is 0 Å². The van der Waals surface area contributed by atoms with Crippen LogP contribution in [0.15, 0.2) is 65.3 Å². The number of benzene rings is 2. The molecule has 3 heterocycles. The van der Waals surface area contributed by atoms with Crippen LogP contribution >= 0.6 is 0 Å². The first-order chi connectivity index (χ1) is 17.6. The number of nitrogens with one attached hydrogen (secondary N) is 1. The second kappa shape index (κ2) is 9.95. The highest BCUT2D eigenvalue weighted by Crippen LogP contribution is 2.33. The number of piperazine rings is 1. The van der Waals surface area contributed by atoms with Crippen molar-refractivity contribution in [2.45, 2.75) is 0 Å². The Balaban J connectivity index is 1.41. The van der Waals surface area contributed by atoms with Crippen molar-refractivity contribution in [3.8, 4) is 11.5 Å². The number of hydrogen-bond acceptors (Lipinski definition) is 8. The number of amides is 2. The fourth-order valence-electron chi connectivity index (χ4n) is 4.15. The molecular weight excluding hydrogens is 462 g/mol. The van der Waals surface area contributed by atoms with Crippen LogP contribution in [0, 0.1) is 0 Å². The van der Waals surface area contributed by atoms with Gasteiger partial charge in [0.05, 0.1) is 14.2 Å². The third kappa shape index (κ3) is 4.52. The van der Waals surface area contributed by atoms with Gasteiger partial charge in [-0.25, -0.2) is 9.97 Å². The van der Waals surface area contributed by atoms with E-state index in [0.29, 0.717) is 65.8 Å². The van der Waals surface area contributed by atoms with Crippen LogP contribution in [0.5, 0.6) is 11.5 Å². The van der Waals surface area contributed by atoms with Crippen LogP contribution in [0.2, 0.25) is 0 Å². The molecule has 0 aliphatic carbocycles. The third-order valence-corrected chi connectivity index (χ3v) is 6.04. The summed E-state index contributed by atoms with van der Waals surface area (Å²) in [5, 5.41) is 3.52. The van der Waals surface area contributed by atoms with E-state index < -0.39 is 5.91 Å². The van der Waals surface area contributed by atoms with Gasteiger partial charge in [-0.3, -0.25) is 9.59 Å². The SMILES string of the molecule is COc1cc(OC)cc(C(=O)Nc2c(C(=O)N3CCN(c4ncccn4)CC3)oc3ccccc23)c1. The minimum atomic E-state index is -0.418. The monoisotopic (exact) mass is 487 g/mol. The molecule has 5 rings (SSSR count). The fourth-order valence-corrected chi connectivity index (χ4v) is 4.15. The molecule has 0 atom stereocenters. The van der Waals surface area contributed by atoms with Gasteiger partial charge >= 0.3 is 0 Å². The number of para-hydroxylation sites is 1. The second-order valence-electron chi connectivity index (χ2n) is 8.19. The number of furan rings is 1. The fraction of sp³-hybridized carbons (Fsp3) is 0.231. The summed E-state index contributed by atoms with van der Waals surface area (Å²) in [7, 11) is 3.03. The van der Waals surface area contributed by atoms with Crippen molar-refractivity contribution in [1.29, 1.82) is 0 Å². The summed E-state index contributed by atoms with van der Waals surface area (Å²) in [6.45, 7) is 2.10. The minimum Gasteiger partial charge on any atom is -0.497 e. The Morgan fingerprint density at radius 3 is 2.25 bits per heavy atom. The average Bonchev–Trinajstić information content (AvgIpc) is 3.31. The summed E-state index contributed by atoms with van der Waals surface area (Å²) in [6, 6.07) is 13.9. The quantitative estimate of drug-likeness (QED) is 0.440. The Morgan fingerprint density at radius 2 is 1.58 bits per heavy atom. The van der Waals surface area contributed by atoms with E-state index in [4.69, 9.17) is 13.9 Å². The highest BCUT2D eigenvalue weighted by atomic mass is 16.5. The molecule has 0 bridgehead atoms. The molecule has 36 heavy (non-hydrogen) atoms. The number of aromatic nitrogens is 2. The predicted octanol–water partition coefficient (Wildman–Crippen LogP) is 3.45. The Bertz CT molecular complexity index is 1370. The van der Waals surface area contributed by atoms with E-state index in [2.05, 4.69) is 15.3 Å². The Labute approximate surface area is 207 Å². The number of methoxy groups -OCH3 is 2. The van der Waals surface area contributed by atoms with Crippen LogP contribution in [0.4, 0.5) is 11.6 Å². The van der Waals surface area contributed by atoms with Gasteiger partial charge in [0.25, 0.3) is 11.8 Å². The van der Waals surface area contributed by atoms with Crippen molar-refractivity contribution in [3.05, 3.63) is 72.2 Å². The molecule has 0 unspecified atom stereocenters. The van der Waals surface area contributed by atoms with Gasteiger partial charge in [0.1, 0.15) is 22.8 Å². The first-order valence-electron chi connectivity index (χ1n) is 11.4. The van der Waals surface area contributed by atoms with Crippen LogP contribution < -0.4 is 19.7 Å². The molecule has 0 radical (unpaired) electrons. The van der Waals surface area contributed by atoms with Gasteiger partial charge in [-0.2, -0.15) is 0 Å². The van der Waals surface area contributed by atoms with E-state index in [1.807, 2.05) is 23.1 Å². The van der Waals surface area contributed by atoms with Crippen LogP contribution in [0.1, 0.15) is 20.9 Å². The summed E-state index contributed by atoms with van der Waals surface area (Å²) in [5.41, 5.74) is 1.17. The van der Waals surface area contributed by atoms with E-state index >= 15 is 0 Å². The molecule has 0 saturated carbocycles. The van der Waals surface area contributed by atoms with Gasteiger partial charge in [0.2, 0.25) is 11.7 Å². The minimum absolute atomic E-state index is 0.0869. The molecule has 184 valence electrons. The van der Waals surface area contributed by atoms with Gasteiger partial charge in [-0.1, -0.05) is 12.1 Å². The van der Waals surface area contributed by atoms with E-state index in [1.165, 1.54) is 14.2 Å². The molecule has 0 spiro atoms. The Morgan fingerprint density at radius 1 is 0.917 bits per heavy atom. The number of carbonyl (C=O) groups excluding carboxylic acids is 2. The molecule has 1 saturated heterocycles. The molecule has 1 aliphatic rings. The van der Waals surface area contributed by atoms with Crippen molar-refractivity contribution >= 4 is 34.4 Å². The highest BCUT2D eigenvalue weighted by molar-refractivity contribution is 6.14. The lowest BCUT2D eigenvalue weighted by Crippen LogP contribution is -2.49. The maximum Gasteiger partial charge on any atom is 0.291 e. The summed E-state index contributed by atoms with van der Waals surface area (Å²) >= 11 is 0. The highest BCUT2D eigenvalue weighted by Gasteiger charge is 2.29. The number of rotatable bonds is 6. The van der Waals surface area contributed by atoms with Gasteiger partial charge in [0.15, 0.2) is 0 Å². The number of carbonyl (C=O) groups is 2. The number of anilines is 2. The second-order valence-corrected chi connectivity index (χ2v) is 8.19. The molecule has 1 N–H and O–H groups in total. The molecule has 1 aliphatic heterocycles. The van der Waals surface area contributed by atoms with Gasteiger partial charge in [-0.05, 0) is 30.3 Å². The van der Waals surface area contributed by atoms with Crippen molar-refractivity contribution < 1.29 is 23.5 Å². The Hall–Kier alpha value is -4.60. The standard InChI is InChI=1S/C26H25N5O5/c1-34-18-14-17(15-19(16-18)35-2)24(32)29-22-20-6-3-4-7-21(20)36-23(22)25(33)30-10-12-31(13-11-30)26-27-8-5-9-28-26/h3-9,14-16H,10-13H2,1-2H3,(H,29,32). The summed E-state index contributed by atoms with van der Waals surface area (Å²) in [6.07, 6.45) is 3.39. The lowest BCUT2D eigenvalue weighted by molar-refractivity contribution is 0.0718. The Kier molecular flexibility index (Phi) is 6.40. The van der Waals surface area contributed by atoms with E-state index in [0.717, 1.165) is 0 Å². The first kappa shape index (κ1) is 23.2. The molecule has 2 aromatic heterocycles. The molecule has 2 amide bonds. The van der Waals surface area contributed by atoms with Crippen molar-refractivity contribution in [2.24, 2.45) is 0 Å². The van der Waals surface area contributed by atoms with Gasteiger partial charge in [-0.15, -0.1) is 0 Å². The van der Waals surface area contributed by atoms with Gasteiger partial charge in [0, 0.05) is 55.6 Å². The zero-order valence-corrected chi connectivity index (χ0v) is 19.9. The van der Waals surface area contributed by atoms with Gasteiger partial charge < -0.3 is 29.0 Å². The van der Waals surface area contributed by atoms with Crippen LogP contribution in [0.25, 0.3) is 11.0 Å². The number of fused-ring (bicyclic) bond motifs is 1. The molecule has 10 heteroatoms. The summed E-state index contributed by atoms with van der Waals surface area (Å²) < 4.78 is 16.5. The largest absolute Gasteiger partial charge is 0.497 e. The summed E-state index contributed by atoms with van der Waals surface area (Å²) in [4.78, 5) is 39.1. The molecule has 2 aromatic carbocycles. The molecule has 1 fully saturated rings. The lowest BCUT2D eigenvalue weighted by atomic mass is 10.1. The first-order valence-corrected chi connectivity index (χ1v) is 11.4. The number of ether oxygens (including phenoxy) is 2. The smallest absolute Gasteiger partial charge is 0.291 e. The van der Waals surface area contributed by atoms with E-state index in [1.54, 1.807) is 47.6 Å². The van der Waals surface area contributed by atoms with Crippen molar-refractivity contribution in [3.63, 3.8) is 0 Å². The third-order valence-electron chi connectivity index (χ3n) is 6.04. The predicted molar refractivity (Wildman–Crippen MR) is 134 cm³/mol. The molecular formula is C26H25N5O5. The van der Waals surface area contributed by atoms with E-state index in [-0.39, 0.29) is 11.7 Å². The molecule has 10 nitrogen and oxygen atoms in total. The topological polar surface area (TPSA) is 110 Å². The van der Waals surface area contributed by atoms with Crippen molar-refractivity contribution in [2.75, 3.05) is 50.6 Å². The maximum absolute atomic E-state index is 13.5. The zero-order valence-electron chi connectivity index (χ0n) is 19.9. The van der Waals surface area contributed by atoms with Crippen LogP contribution in [-0.4, -0.2) is 67.1 Å². The van der Waals surface area contributed by atoms with Crippen molar-refractivity contribution in [1.82, 2.24) is 14.9 Å². The van der Waals surface area contributed by atoms with E-state index in [9.17, 15) is 9.59 Å². The number of nitrogens with zero attached hydrogens (tertiary/aromatic N) is 4. The summed E-state index contributed by atoms with van der Waals surface area (Å²) in [5.74, 6) is 0.970. The average molecular weight is 488 g/mol. The lowest BCUT2D eigenvalue weighted by Gasteiger charge is -2.34. The van der Waals surface area contributed by atoms with Crippen LogP contribution in [0.3, 0.4) is 0 Å². The maximum atomic E-state index is 13.5.